The molecule has 1 aromatic rings. The lowest BCUT2D eigenvalue weighted by molar-refractivity contribution is -0.145. The second kappa shape index (κ2) is 5.78. The number of carbonyl (C=O) groups excluding carboxylic acids is 2. The highest BCUT2D eigenvalue weighted by Gasteiger charge is 2.50. The van der Waals surface area contributed by atoms with E-state index in [-0.39, 0.29) is 17.2 Å². The predicted octanol–water partition coefficient (Wildman–Crippen LogP) is 3.27. The van der Waals surface area contributed by atoms with E-state index >= 15 is 0 Å². The van der Waals surface area contributed by atoms with Crippen molar-refractivity contribution in [2.45, 2.75) is 32.1 Å². The Kier molecular flexibility index (Phi) is 3.88. The lowest BCUT2D eigenvalue weighted by Crippen LogP contribution is -2.50. The van der Waals surface area contributed by atoms with Crippen molar-refractivity contribution in [3.8, 4) is 0 Å². The van der Waals surface area contributed by atoms with Gasteiger partial charge in [0.1, 0.15) is 0 Å². The first kappa shape index (κ1) is 15.5. The van der Waals surface area contributed by atoms with E-state index in [4.69, 9.17) is 11.6 Å². The van der Waals surface area contributed by atoms with Crippen LogP contribution in [0.2, 0.25) is 4.34 Å². The van der Waals surface area contributed by atoms with Crippen LogP contribution in [0.3, 0.4) is 0 Å². The lowest BCUT2D eigenvalue weighted by atomic mass is 9.78. The van der Waals surface area contributed by atoms with Crippen LogP contribution >= 0.6 is 22.9 Å². The van der Waals surface area contributed by atoms with Crippen LogP contribution in [0.4, 0.5) is 0 Å². The van der Waals surface area contributed by atoms with Gasteiger partial charge in [-0.25, -0.2) is 0 Å². The Morgan fingerprint density at radius 1 is 1.30 bits per heavy atom. The quantitative estimate of drug-likeness (QED) is 0.837. The summed E-state index contributed by atoms with van der Waals surface area (Å²) >= 11 is 7.25. The van der Waals surface area contributed by atoms with Crippen molar-refractivity contribution in [1.29, 1.82) is 0 Å². The molecule has 1 saturated carbocycles. The number of piperidine rings is 1. The normalized spacial score (nSPS) is 28.0. The predicted molar refractivity (Wildman–Crippen MR) is 90.8 cm³/mol. The zero-order valence-electron chi connectivity index (χ0n) is 13.1. The van der Waals surface area contributed by atoms with Gasteiger partial charge >= 0.3 is 0 Å². The highest BCUT2D eigenvalue weighted by atomic mass is 35.5. The molecule has 4 nitrogen and oxygen atoms in total. The Morgan fingerprint density at radius 2 is 2.13 bits per heavy atom. The van der Waals surface area contributed by atoms with Gasteiger partial charge in [-0.05, 0) is 50.2 Å². The molecule has 6 heteroatoms. The molecule has 1 unspecified atom stereocenters. The Morgan fingerprint density at radius 3 is 2.83 bits per heavy atom. The highest BCUT2D eigenvalue weighted by Crippen LogP contribution is 2.42. The molecule has 0 aromatic carbocycles. The molecular formula is C17H21ClN2O2S. The second-order valence-electron chi connectivity index (χ2n) is 7.16. The van der Waals surface area contributed by atoms with Gasteiger partial charge in [0.25, 0.3) is 5.91 Å². The summed E-state index contributed by atoms with van der Waals surface area (Å²) in [4.78, 5) is 30.2. The zero-order chi connectivity index (χ0) is 16.0. The zero-order valence-corrected chi connectivity index (χ0v) is 14.7. The van der Waals surface area contributed by atoms with Gasteiger partial charge in [0.05, 0.1) is 14.6 Å². The third kappa shape index (κ3) is 2.89. The molecule has 0 radical (unpaired) electrons. The molecule has 23 heavy (non-hydrogen) atoms. The molecule has 1 aliphatic carbocycles. The Balaban J connectivity index is 1.47. The molecule has 2 saturated heterocycles. The van der Waals surface area contributed by atoms with Crippen molar-refractivity contribution in [2.75, 3.05) is 26.2 Å². The summed E-state index contributed by atoms with van der Waals surface area (Å²) < 4.78 is 0.631. The van der Waals surface area contributed by atoms with E-state index in [1.807, 2.05) is 4.90 Å². The van der Waals surface area contributed by atoms with Crippen LogP contribution in [-0.2, 0) is 4.79 Å². The fourth-order valence-electron chi connectivity index (χ4n) is 3.95. The number of hydrogen-bond acceptors (Lipinski definition) is 3. The van der Waals surface area contributed by atoms with Crippen LogP contribution in [0.15, 0.2) is 12.1 Å². The number of thiophene rings is 1. The number of likely N-dealkylation sites (tertiary alicyclic amines) is 2. The SMILES string of the molecule is O=C(c1ccc(Cl)s1)N1CCC2(CCCN(CC3CC3)C2=O)C1. The van der Waals surface area contributed by atoms with Gasteiger partial charge in [-0.1, -0.05) is 11.6 Å². The standard InChI is InChI=1S/C17H21ClN2O2S/c18-14-5-4-13(23-14)15(21)20-9-7-17(11-20)6-1-8-19(16(17)22)10-12-2-3-12/h4-5,12H,1-3,6-11H2. The van der Waals surface area contributed by atoms with Crippen LogP contribution in [0.5, 0.6) is 0 Å². The fraction of sp³-hybridized carbons (Fsp3) is 0.647. The van der Waals surface area contributed by atoms with Crippen molar-refractivity contribution < 1.29 is 9.59 Å². The van der Waals surface area contributed by atoms with Gasteiger partial charge in [-0.2, -0.15) is 0 Å². The van der Waals surface area contributed by atoms with Gasteiger partial charge in [0.2, 0.25) is 5.91 Å². The molecule has 0 N–H and O–H groups in total. The lowest BCUT2D eigenvalue weighted by Gasteiger charge is -2.39. The molecule has 124 valence electrons. The van der Waals surface area contributed by atoms with Crippen molar-refractivity contribution in [3.63, 3.8) is 0 Å². The molecule has 3 aliphatic rings. The summed E-state index contributed by atoms with van der Waals surface area (Å²) in [5, 5.41) is 0. The van der Waals surface area contributed by atoms with E-state index in [9.17, 15) is 9.59 Å². The van der Waals surface area contributed by atoms with Gasteiger partial charge in [0, 0.05) is 26.2 Å². The number of halogens is 1. The van der Waals surface area contributed by atoms with Crippen LogP contribution < -0.4 is 0 Å². The molecule has 0 bridgehead atoms. The third-order valence-electron chi connectivity index (χ3n) is 5.42. The summed E-state index contributed by atoms with van der Waals surface area (Å²) in [7, 11) is 0. The molecular weight excluding hydrogens is 332 g/mol. The van der Waals surface area contributed by atoms with Gasteiger partial charge in [0.15, 0.2) is 0 Å². The first-order valence-corrected chi connectivity index (χ1v) is 9.61. The number of rotatable bonds is 3. The largest absolute Gasteiger partial charge is 0.342 e. The Labute approximate surface area is 145 Å². The van der Waals surface area contributed by atoms with E-state index in [1.165, 1.54) is 24.2 Å². The Hall–Kier alpha value is -1.07. The second-order valence-corrected chi connectivity index (χ2v) is 8.87. The summed E-state index contributed by atoms with van der Waals surface area (Å²) in [6, 6.07) is 3.54. The van der Waals surface area contributed by atoms with E-state index in [1.54, 1.807) is 12.1 Å². The van der Waals surface area contributed by atoms with Crippen molar-refractivity contribution >= 4 is 34.8 Å². The van der Waals surface area contributed by atoms with Crippen LogP contribution in [0.1, 0.15) is 41.8 Å². The molecule has 3 fully saturated rings. The summed E-state index contributed by atoms with van der Waals surface area (Å²) in [6.45, 7) is 3.07. The summed E-state index contributed by atoms with van der Waals surface area (Å²) in [5.74, 6) is 1.03. The van der Waals surface area contributed by atoms with Crippen molar-refractivity contribution in [3.05, 3.63) is 21.3 Å². The average Bonchev–Trinajstić information content (AvgIpc) is 3.08. The maximum absolute atomic E-state index is 13.0. The monoisotopic (exact) mass is 352 g/mol. The van der Waals surface area contributed by atoms with E-state index in [0.29, 0.717) is 22.3 Å². The topological polar surface area (TPSA) is 40.6 Å². The van der Waals surface area contributed by atoms with Gasteiger partial charge < -0.3 is 9.80 Å². The minimum Gasteiger partial charge on any atom is -0.342 e. The molecule has 3 heterocycles. The minimum absolute atomic E-state index is 0.0193. The first-order valence-electron chi connectivity index (χ1n) is 8.41. The summed E-state index contributed by atoms with van der Waals surface area (Å²) in [5.41, 5.74) is -0.330. The molecule has 1 spiro atoms. The maximum Gasteiger partial charge on any atom is 0.264 e. The van der Waals surface area contributed by atoms with E-state index in [2.05, 4.69) is 4.90 Å². The van der Waals surface area contributed by atoms with Gasteiger partial charge in [-0.15, -0.1) is 11.3 Å². The fourth-order valence-corrected chi connectivity index (χ4v) is 4.96. The van der Waals surface area contributed by atoms with Crippen molar-refractivity contribution in [1.82, 2.24) is 9.80 Å². The van der Waals surface area contributed by atoms with Crippen LogP contribution in [0.25, 0.3) is 0 Å². The number of hydrogen-bond donors (Lipinski definition) is 0. The molecule has 2 aliphatic heterocycles. The third-order valence-corrected chi connectivity index (χ3v) is 6.64. The van der Waals surface area contributed by atoms with Crippen LogP contribution in [0, 0.1) is 11.3 Å². The molecule has 1 atom stereocenters. The molecule has 4 rings (SSSR count). The first-order chi connectivity index (χ1) is 11.1. The van der Waals surface area contributed by atoms with Gasteiger partial charge in [-0.3, -0.25) is 9.59 Å². The van der Waals surface area contributed by atoms with E-state index < -0.39 is 0 Å². The van der Waals surface area contributed by atoms with Crippen LogP contribution in [-0.4, -0.2) is 47.8 Å². The Bertz CT molecular complexity index is 642. The average molecular weight is 353 g/mol. The minimum atomic E-state index is -0.330. The smallest absolute Gasteiger partial charge is 0.264 e. The highest BCUT2D eigenvalue weighted by molar-refractivity contribution is 7.17. The molecule has 1 aromatic heterocycles. The van der Waals surface area contributed by atoms with E-state index in [0.717, 1.165) is 38.3 Å². The number of carbonyl (C=O) groups is 2. The number of nitrogens with zero attached hydrogens (tertiary/aromatic N) is 2. The maximum atomic E-state index is 13.0. The van der Waals surface area contributed by atoms with Crippen molar-refractivity contribution in [2.24, 2.45) is 11.3 Å². The molecule has 2 amide bonds. The number of amides is 2. The summed E-state index contributed by atoms with van der Waals surface area (Å²) in [6.07, 6.45) is 5.31.